The van der Waals surface area contributed by atoms with E-state index in [9.17, 15) is 4.79 Å². The first-order chi connectivity index (χ1) is 9.47. The van der Waals surface area contributed by atoms with Gasteiger partial charge in [-0.2, -0.15) is 0 Å². The highest BCUT2D eigenvalue weighted by atomic mass is 35.5. The van der Waals surface area contributed by atoms with Crippen LogP contribution >= 0.6 is 11.6 Å². The average Bonchev–Trinajstić information content (AvgIpc) is 2.41. The quantitative estimate of drug-likeness (QED) is 0.916. The maximum atomic E-state index is 11.0. The van der Waals surface area contributed by atoms with Gasteiger partial charge >= 0.3 is 5.97 Å². The van der Waals surface area contributed by atoms with E-state index in [1.807, 2.05) is 26.0 Å². The molecule has 4 heteroatoms. The number of rotatable bonds is 4. The summed E-state index contributed by atoms with van der Waals surface area (Å²) >= 11 is 5.82. The predicted octanol–water partition coefficient (Wildman–Crippen LogP) is 4.23. The largest absolute Gasteiger partial charge is 0.489 e. The van der Waals surface area contributed by atoms with Crippen molar-refractivity contribution in [3.8, 4) is 5.75 Å². The van der Waals surface area contributed by atoms with Gasteiger partial charge in [0.25, 0.3) is 0 Å². The number of halogens is 1. The molecule has 20 heavy (non-hydrogen) atoms. The lowest BCUT2D eigenvalue weighted by Gasteiger charge is -2.10. The van der Waals surface area contributed by atoms with Crippen LogP contribution in [-0.4, -0.2) is 11.1 Å². The number of carboxylic acid groups (broad SMARTS) is 1. The van der Waals surface area contributed by atoms with Crippen LogP contribution in [0.5, 0.6) is 5.75 Å². The molecule has 3 nitrogen and oxygen atoms in total. The molecule has 104 valence electrons. The minimum atomic E-state index is -1.06. The van der Waals surface area contributed by atoms with E-state index in [2.05, 4.69) is 6.07 Å². The van der Waals surface area contributed by atoms with E-state index in [1.165, 1.54) is 12.1 Å². The van der Waals surface area contributed by atoms with Crippen LogP contribution < -0.4 is 4.74 Å². The van der Waals surface area contributed by atoms with Gasteiger partial charge in [0.1, 0.15) is 12.4 Å². The lowest BCUT2D eigenvalue weighted by Crippen LogP contribution is -2.01. The van der Waals surface area contributed by atoms with Gasteiger partial charge in [0.2, 0.25) is 0 Å². The molecule has 1 N–H and O–H groups in total. The molecule has 0 aliphatic carbocycles. The van der Waals surface area contributed by atoms with E-state index < -0.39 is 5.97 Å². The minimum absolute atomic E-state index is 0.0464. The van der Waals surface area contributed by atoms with E-state index in [0.717, 1.165) is 16.7 Å². The second-order valence-corrected chi connectivity index (χ2v) is 5.07. The molecule has 0 bridgehead atoms. The van der Waals surface area contributed by atoms with E-state index >= 15 is 0 Å². The smallest absolute Gasteiger partial charge is 0.337 e. The lowest BCUT2D eigenvalue weighted by atomic mass is 10.1. The molecule has 0 aliphatic heterocycles. The van der Waals surface area contributed by atoms with E-state index in [-0.39, 0.29) is 10.6 Å². The highest BCUT2D eigenvalue weighted by molar-refractivity contribution is 6.33. The van der Waals surface area contributed by atoms with Crippen LogP contribution in [0.4, 0.5) is 0 Å². The summed E-state index contributed by atoms with van der Waals surface area (Å²) in [7, 11) is 0. The zero-order valence-corrected chi connectivity index (χ0v) is 12.1. The van der Waals surface area contributed by atoms with Gasteiger partial charge in [-0.1, -0.05) is 35.4 Å². The molecule has 2 aromatic rings. The van der Waals surface area contributed by atoms with E-state index in [1.54, 1.807) is 6.07 Å². The molecular weight excluding hydrogens is 276 g/mol. The summed E-state index contributed by atoms with van der Waals surface area (Å²) in [5.74, 6) is -0.570. The Bertz CT molecular complexity index is 650. The fourth-order valence-electron chi connectivity index (χ4n) is 1.87. The standard InChI is InChI=1S/C16H15ClO3/c1-10-3-4-11(2)12(7-10)9-20-13-5-6-15(17)14(8-13)16(18)19/h3-8H,9H2,1-2H3,(H,18,19). The molecule has 0 spiro atoms. The zero-order valence-electron chi connectivity index (χ0n) is 11.3. The van der Waals surface area contributed by atoms with Crippen LogP contribution in [0.25, 0.3) is 0 Å². The number of ether oxygens (including phenoxy) is 1. The Morgan fingerprint density at radius 2 is 1.95 bits per heavy atom. The van der Waals surface area contributed by atoms with Crippen LogP contribution in [0, 0.1) is 13.8 Å². The van der Waals surface area contributed by atoms with Gasteiger partial charge in [-0.25, -0.2) is 4.79 Å². The fourth-order valence-corrected chi connectivity index (χ4v) is 2.07. The molecule has 2 rings (SSSR count). The zero-order chi connectivity index (χ0) is 14.7. The van der Waals surface area contributed by atoms with Crippen molar-refractivity contribution in [3.05, 3.63) is 63.7 Å². The number of aromatic carboxylic acids is 1. The van der Waals surface area contributed by atoms with Crippen LogP contribution in [0.15, 0.2) is 36.4 Å². The van der Waals surface area contributed by atoms with Gasteiger partial charge in [0, 0.05) is 0 Å². The lowest BCUT2D eigenvalue weighted by molar-refractivity contribution is 0.0696. The number of benzene rings is 2. The number of carbonyl (C=O) groups is 1. The van der Waals surface area contributed by atoms with Gasteiger partial charge in [-0.15, -0.1) is 0 Å². The maximum Gasteiger partial charge on any atom is 0.337 e. The third-order valence-corrected chi connectivity index (χ3v) is 3.40. The van der Waals surface area contributed by atoms with Crippen molar-refractivity contribution in [3.63, 3.8) is 0 Å². The summed E-state index contributed by atoms with van der Waals surface area (Å²) in [6, 6.07) is 10.8. The van der Waals surface area contributed by atoms with Crippen molar-refractivity contribution < 1.29 is 14.6 Å². The van der Waals surface area contributed by atoms with Gasteiger partial charge in [-0.3, -0.25) is 0 Å². The Labute approximate surface area is 122 Å². The van der Waals surface area contributed by atoms with Crippen LogP contribution in [-0.2, 0) is 6.61 Å². The first-order valence-corrected chi connectivity index (χ1v) is 6.57. The molecule has 0 amide bonds. The third kappa shape index (κ3) is 3.31. The Balaban J connectivity index is 2.17. The normalized spacial score (nSPS) is 10.3. The van der Waals surface area contributed by atoms with Crippen LogP contribution in [0.1, 0.15) is 27.0 Å². The molecular formula is C16H15ClO3. The molecule has 0 atom stereocenters. The molecule has 2 aromatic carbocycles. The van der Waals surface area contributed by atoms with Crippen molar-refractivity contribution in [1.82, 2.24) is 0 Å². The molecule has 0 heterocycles. The fraction of sp³-hybridized carbons (Fsp3) is 0.188. The Kier molecular flexibility index (Phi) is 4.30. The topological polar surface area (TPSA) is 46.5 Å². The first kappa shape index (κ1) is 14.4. The highest BCUT2D eigenvalue weighted by Crippen LogP contribution is 2.23. The Hall–Kier alpha value is -2.00. The molecule has 0 aliphatic rings. The molecule has 0 saturated heterocycles. The van der Waals surface area contributed by atoms with E-state index in [4.69, 9.17) is 21.4 Å². The molecule has 0 saturated carbocycles. The first-order valence-electron chi connectivity index (χ1n) is 6.19. The summed E-state index contributed by atoms with van der Waals surface area (Å²) in [5, 5.41) is 9.22. The Morgan fingerprint density at radius 3 is 2.65 bits per heavy atom. The Morgan fingerprint density at radius 1 is 1.20 bits per heavy atom. The highest BCUT2D eigenvalue weighted by Gasteiger charge is 2.10. The van der Waals surface area contributed by atoms with E-state index in [0.29, 0.717) is 12.4 Å². The molecule has 0 radical (unpaired) electrons. The van der Waals surface area contributed by atoms with Crippen molar-refractivity contribution in [2.45, 2.75) is 20.5 Å². The van der Waals surface area contributed by atoms with Crippen molar-refractivity contribution in [2.75, 3.05) is 0 Å². The van der Waals surface area contributed by atoms with Crippen molar-refractivity contribution in [1.29, 1.82) is 0 Å². The number of hydrogen-bond acceptors (Lipinski definition) is 2. The summed E-state index contributed by atoms with van der Waals surface area (Å²) < 4.78 is 5.65. The monoisotopic (exact) mass is 290 g/mol. The molecule has 0 aromatic heterocycles. The summed E-state index contributed by atoms with van der Waals surface area (Å²) in [4.78, 5) is 11.0. The van der Waals surface area contributed by atoms with Gasteiger partial charge < -0.3 is 9.84 Å². The number of carboxylic acids is 1. The molecule has 0 unspecified atom stereocenters. The third-order valence-electron chi connectivity index (χ3n) is 3.07. The number of hydrogen-bond donors (Lipinski definition) is 1. The summed E-state index contributed by atoms with van der Waals surface area (Å²) in [6.07, 6.45) is 0. The second-order valence-electron chi connectivity index (χ2n) is 4.67. The summed E-state index contributed by atoms with van der Waals surface area (Å²) in [5.41, 5.74) is 3.43. The maximum absolute atomic E-state index is 11.0. The SMILES string of the molecule is Cc1ccc(C)c(COc2ccc(Cl)c(C(=O)O)c2)c1. The van der Waals surface area contributed by atoms with Crippen molar-refractivity contribution in [2.24, 2.45) is 0 Å². The van der Waals surface area contributed by atoms with Crippen LogP contribution in [0.2, 0.25) is 5.02 Å². The van der Waals surface area contributed by atoms with Gasteiger partial charge in [-0.05, 0) is 43.2 Å². The van der Waals surface area contributed by atoms with Crippen molar-refractivity contribution >= 4 is 17.6 Å². The number of aryl methyl sites for hydroxylation is 2. The average molecular weight is 291 g/mol. The van der Waals surface area contributed by atoms with Gasteiger partial charge in [0.05, 0.1) is 10.6 Å². The second kappa shape index (κ2) is 5.97. The van der Waals surface area contributed by atoms with Crippen LogP contribution in [0.3, 0.4) is 0 Å². The molecule has 0 fully saturated rings. The summed E-state index contributed by atoms with van der Waals surface area (Å²) in [6.45, 7) is 4.44. The predicted molar refractivity (Wildman–Crippen MR) is 78.7 cm³/mol. The minimum Gasteiger partial charge on any atom is -0.489 e. The van der Waals surface area contributed by atoms with Gasteiger partial charge in [0.15, 0.2) is 0 Å².